The summed E-state index contributed by atoms with van der Waals surface area (Å²) < 4.78 is 16.8. The molecule has 1 amide bonds. The van der Waals surface area contributed by atoms with Gasteiger partial charge in [0.2, 0.25) is 0 Å². The van der Waals surface area contributed by atoms with Crippen LogP contribution in [0.3, 0.4) is 0 Å². The summed E-state index contributed by atoms with van der Waals surface area (Å²) in [5, 5.41) is 3.97. The molecule has 0 saturated heterocycles. The molecule has 0 heterocycles. The fourth-order valence-electron chi connectivity index (χ4n) is 1.94. The smallest absolute Gasteiger partial charge is 0.343 e. The number of amides is 1. The summed E-state index contributed by atoms with van der Waals surface area (Å²) in [4.78, 5) is 23.3. The molecule has 27 heavy (non-hydrogen) atoms. The Bertz CT molecular complexity index is 871. The summed E-state index contributed by atoms with van der Waals surface area (Å²) in [6.07, 6.45) is 1.52. The Morgan fingerprint density at radius 2 is 1.85 bits per heavy atom. The van der Waals surface area contributed by atoms with Crippen LogP contribution in [0.1, 0.15) is 15.9 Å². The van der Waals surface area contributed by atoms with Crippen molar-refractivity contribution >= 4 is 63.3 Å². The van der Waals surface area contributed by atoms with E-state index in [0.29, 0.717) is 17.1 Å². The average molecular weight is 594 g/mol. The molecule has 0 radical (unpaired) electrons. The number of methoxy groups -OCH3 is 2. The lowest BCUT2D eigenvalue weighted by molar-refractivity contribution is -0.142. The number of rotatable bonds is 7. The third-order valence-corrected chi connectivity index (χ3v) is 5.06. The summed E-state index contributed by atoms with van der Waals surface area (Å²) in [5.74, 6) is 0.401. The summed E-state index contributed by atoms with van der Waals surface area (Å²) in [5.41, 5.74) is 3.70. The van der Waals surface area contributed by atoms with E-state index in [1.165, 1.54) is 13.3 Å². The molecule has 0 saturated carbocycles. The molecule has 1 N–H and O–H groups in total. The molecule has 0 unspecified atom stereocenters. The average Bonchev–Trinajstić information content (AvgIpc) is 2.67. The van der Waals surface area contributed by atoms with Crippen LogP contribution in [0.2, 0.25) is 0 Å². The molecular weight excluding hydrogens is 578 g/mol. The van der Waals surface area contributed by atoms with Crippen LogP contribution >= 0.6 is 45.2 Å². The maximum Gasteiger partial charge on any atom is 0.343 e. The third kappa shape index (κ3) is 6.34. The van der Waals surface area contributed by atoms with Gasteiger partial charge >= 0.3 is 5.97 Å². The Balaban J connectivity index is 1.98. The molecular formula is C18H16I2N2O5. The Morgan fingerprint density at radius 3 is 2.52 bits per heavy atom. The zero-order chi connectivity index (χ0) is 19.8. The minimum absolute atomic E-state index is 0.157. The van der Waals surface area contributed by atoms with Crippen molar-refractivity contribution in [2.24, 2.45) is 5.10 Å². The minimum atomic E-state index is -0.452. The van der Waals surface area contributed by atoms with Crippen LogP contribution in [0.4, 0.5) is 0 Å². The molecule has 0 bridgehead atoms. The summed E-state index contributed by atoms with van der Waals surface area (Å²) in [6.45, 7) is -0.157. The van der Waals surface area contributed by atoms with Crippen LogP contribution in [-0.4, -0.2) is 38.9 Å². The molecule has 0 spiro atoms. The van der Waals surface area contributed by atoms with Gasteiger partial charge in [-0.3, -0.25) is 4.79 Å². The zero-order valence-corrected chi connectivity index (χ0v) is 18.8. The van der Waals surface area contributed by atoms with E-state index in [1.807, 2.05) is 6.07 Å². The fraction of sp³-hybridized carbons (Fsp3) is 0.167. The van der Waals surface area contributed by atoms with Gasteiger partial charge in [-0.1, -0.05) is 0 Å². The van der Waals surface area contributed by atoms with Gasteiger partial charge in [0.05, 0.1) is 27.6 Å². The maximum absolute atomic E-state index is 12.2. The summed E-state index contributed by atoms with van der Waals surface area (Å²) in [7, 11) is 2.86. The van der Waals surface area contributed by atoms with Crippen molar-refractivity contribution in [1.82, 2.24) is 5.43 Å². The van der Waals surface area contributed by atoms with Crippen molar-refractivity contribution in [3.63, 3.8) is 0 Å². The molecule has 0 aliphatic rings. The van der Waals surface area contributed by atoms with Crippen molar-refractivity contribution in [3.8, 4) is 11.5 Å². The maximum atomic E-state index is 12.2. The number of halogens is 2. The Kier molecular flexibility index (Phi) is 8.28. The van der Waals surface area contributed by atoms with Crippen LogP contribution in [0, 0.1) is 7.14 Å². The van der Waals surface area contributed by atoms with Gasteiger partial charge < -0.3 is 14.2 Å². The lowest BCUT2D eigenvalue weighted by Crippen LogP contribution is -2.17. The van der Waals surface area contributed by atoms with Crippen LogP contribution in [0.25, 0.3) is 0 Å². The highest BCUT2D eigenvalue weighted by Crippen LogP contribution is 2.22. The second-order valence-corrected chi connectivity index (χ2v) is 7.43. The van der Waals surface area contributed by atoms with Crippen LogP contribution in [0.15, 0.2) is 41.5 Å². The molecule has 142 valence electrons. The number of carbonyl (C=O) groups excluding carboxylic acids is 2. The number of hydrazone groups is 1. The van der Waals surface area contributed by atoms with Crippen LogP contribution in [0.5, 0.6) is 11.5 Å². The number of hydrogen-bond acceptors (Lipinski definition) is 6. The van der Waals surface area contributed by atoms with Crippen molar-refractivity contribution in [1.29, 1.82) is 0 Å². The molecule has 0 aromatic heterocycles. The van der Waals surface area contributed by atoms with E-state index in [9.17, 15) is 9.59 Å². The first-order valence-electron chi connectivity index (χ1n) is 7.60. The molecule has 0 aliphatic heterocycles. The lowest BCUT2D eigenvalue weighted by atomic mass is 10.2. The van der Waals surface area contributed by atoms with Crippen molar-refractivity contribution in [3.05, 3.63) is 54.7 Å². The number of carbonyl (C=O) groups is 2. The monoisotopic (exact) mass is 594 g/mol. The van der Waals surface area contributed by atoms with E-state index in [4.69, 9.17) is 9.47 Å². The first-order valence-corrected chi connectivity index (χ1v) is 9.76. The van der Waals surface area contributed by atoms with E-state index < -0.39 is 5.97 Å². The number of benzene rings is 2. The van der Waals surface area contributed by atoms with Gasteiger partial charge in [-0.15, -0.1) is 0 Å². The highest BCUT2D eigenvalue weighted by atomic mass is 127. The van der Waals surface area contributed by atoms with Gasteiger partial charge in [0.15, 0.2) is 6.61 Å². The van der Waals surface area contributed by atoms with E-state index >= 15 is 0 Å². The third-order valence-electron chi connectivity index (χ3n) is 3.32. The fourth-order valence-corrected chi connectivity index (χ4v) is 3.19. The minimum Gasteiger partial charge on any atom is -0.496 e. The zero-order valence-electron chi connectivity index (χ0n) is 14.5. The quantitative estimate of drug-likeness (QED) is 0.231. The molecule has 0 atom stereocenters. The van der Waals surface area contributed by atoms with Crippen LogP contribution in [-0.2, 0) is 9.53 Å². The Morgan fingerprint density at radius 1 is 1.07 bits per heavy atom. The Labute approximate surface area is 183 Å². The molecule has 2 aromatic rings. The number of hydrogen-bond donors (Lipinski definition) is 1. The SMILES string of the molecule is COC(=O)COc1ccc(/C=N\NC(=O)c2ccc(I)c(OC)c2)cc1I. The first kappa shape index (κ1) is 21.4. The normalized spacial score (nSPS) is 10.5. The van der Waals surface area contributed by atoms with Crippen molar-refractivity contribution in [2.75, 3.05) is 20.8 Å². The highest BCUT2D eigenvalue weighted by Gasteiger charge is 2.09. The molecule has 2 aromatic carbocycles. The highest BCUT2D eigenvalue weighted by molar-refractivity contribution is 14.1. The van der Waals surface area contributed by atoms with Gasteiger partial charge in [0, 0.05) is 5.56 Å². The standard InChI is InChI=1S/C18H16I2N2O5/c1-25-16-8-12(4-5-13(16)19)18(24)22-21-9-11-3-6-15(14(20)7-11)27-10-17(23)26-2/h3-9H,10H2,1-2H3,(H,22,24)/b21-9-. The largest absolute Gasteiger partial charge is 0.496 e. The van der Waals surface area contributed by atoms with E-state index in [1.54, 1.807) is 37.4 Å². The Hall–Kier alpha value is -1.89. The topological polar surface area (TPSA) is 86.2 Å². The predicted molar refractivity (Wildman–Crippen MR) is 117 cm³/mol. The molecule has 0 fully saturated rings. The molecule has 2 rings (SSSR count). The second-order valence-electron chi connectivity index (χ2n) is 5.10. The molecule has 0 aliphatic carbocycles. The summed E-state index contributed by atoms with van der Waals surface area (Å²) in [6, 6.07) is 10.5. The van der Waals surface area contributed by atoms with Crippen molar-refractivity contribution in [2.45, 2.75) is 0 Å². The predicted octanol–water partition coefficient (Wildman–Crippen LogP) is 3.22. The van der Waals surface area contributed by atoms with E-state index in [-0.39, 0.29) is 12.5 Å². The van der Waals surface area contributed by atoms with Gasteiger partial charge in [0.1, 0.15) is 11.5 Å². The first-order chi connectivity index (χ1) is 12.9. The van der Waals surface area contributed by atoms with Gasteiger partial charge in [-0.05, 0) is 87.1 Å². The lowest BCUT2D eigenvalue weighted by Gasteiger charge is -2.07. The van der Waals surface area contributed by atoms with Gasteiger partial charge in [0.25, 0.3) is 5.91 Å². The second kappa shape index (κ2) is 10.4. The molecule has 9 heteroatoms. The van der Waals surface area contributed by atoms with E-state index in [2.05, 4.69) is 60.4 Å². The number of nitrogens with zero attached hydrogens (tertiary/aromatic N) is 1. The number of ether oxygens (including phenoxy) is 3. The number of nitrogens with one attached hydrogen (secondary N) is 1. The number of esters is 1. The van der Waals surface area contributed by atoms with Crippen molar-refractivity contribution < 1.29 is 23.8 Å². The van der Waals surface area contributed by atoms with Gasteiger partial charge in [-0.25, -0.2) is 10.2 Å². The van der Waals surface area contributed by atoms with Gasteiger partial charge in [-0.2, -0.15) is 5.10 Å². The van der Waals surface area contributed by atoms with Crippen LogP contribution < -0.4 is 14.9 Å². The van der Waals surface area contributed by atoms with E-state index in [0.717, 1.165) is 12.7 Å². The molecule has 7 nitrogen and oxygen atoms in total. The summed E-state index contributed by atoms with van der Waals surface area (Å²) >= 11 is 4.22.